The lowest BCUT2D eigenvalue weighted by atomic mass is 9.76. The molecule has 0 bridgehead atoms. The zero-order valence-corrected chi connectivity index (χ0v) is 12.3. The fraction of sp³-hybridized carbons (Fsp3) is 0.294. The molecule has 0 heterocycles. The van der Waals surface area contributed by atoms with Crippen molar-refractivity contribution in [1.82, 2.24) is 0 Å². The smallest absolute Gasteiger partial charge is 0.0502 e. The second-order valence-corrected chi connectivity index (χ2v) is 6.59. The third-order valence-corrected chi connectivity index (χ3v) is 5.62. The van der Waals surface area contributed by atoms with Crippen LogP contribution in [0.1, 0.15) is 35.1 Å². The molecule has 4 rings (SSSR count). The minimum absolute atomic E-state index is 0.180. The van der Waals surface area contributed by atoms with Crippen molar-refractivity contribution >= 4 is 21.6 Å². The summed E-state index contributed by atoms with van der Waals surface area (Å²) in [6, 6.07) is 13.2. The van der Waals surface area contributed by atoms with Crippen molar-refractivity contribution in [1.29, 1.82) is 0 Å². The number of benzene rings is 2. The molecule has 1 nitrogen and oxygen atoms in total. The molecule has 2 heteroatoms. The first kappa shape index (κ1) is 11.5. The first-order chi connectivity index (χ1) is 9.22. The SMILES string of the molecule is Nc1c(Br)ccc2c1C1(CCc3ccccc31)CC2. The molecule has 0 saturated carbocycles. The molecule has 1 spiro atoms. The summed E-state index contributed by atoms with van der Waals surface area (Å²) >= 11 is 3.59. The Hall–Kier alpha value is -1.28. The predicted molar refractivity (Wildman–Crippen MR) is 82.4 cm³/mol. The van der Waals surface area contributed by atoms with Crippen molar-refractivity contribution in [2.75, 3.05) is 5.73 Å². The summed E-state index contributed by atoms with van der Waals surface area (Å²) in [5.41, 5.74) is 13.4. The highest BCUT2D eigenvalue weighted by Crippen LogP contribution is 2.54. The Morgan fingerprint density at radius 3 is 2.53 bits per heavy atom. The highest BCUT2D eigenvalue weighted by atomic mass is 79.9. The summed E-state index contributed by atoms with van der Waals surface area (Å²) in [4.78, 5) is 0. The van der Waals surface area contributed by atoms with E-state index in [-0.39, 0.29) is 5.41 Å². The molecular weight excluding hydrogens is 298 g/mol. The normalized spacial score (nSPS) is 23.6. The number of nitrogen functional groups attached to an aromatic ring is 1. The molecule has 1 unspecified atom stereocenters. The van der Waals surface area contributed by atoms with Crippen LogP contribution in [0.15, 0.2) is 40.9 Å². The van der Waals surface area contributed by atoms with Crippen LogP contribution in [0.4, 0.5) is 5.69 Å². The van der Waals surface area contributed by atoms with E-state index in [1.807, 2.05) is 0 Å². The summed E-state index contributed by atoms with van der Waals surface area (Å²) < 4.78 is 1.04. The summed E-state index contributed by atoms with van der Waals surface area (Å²) in [6.45, 7) is 0. The van der Waals surface area contributed by atoms with Gasteiger partial charge in [-0.2, -0.15) is 0 Å². The van der Waals surface area contributed by atoms with Crippen LogP contribution in [-0.4, -0.2) is 0 Å². The summed E-state index contributed by atoms with van der Waals surface area (Å²) in [7, 11) is 0. The van der Waals surface area contributed by atoms with Gasteiger partial charge in [0.2, 0.25) is 0 Å². The van der Waals surface area contributed by atoms with Crippen molar-refractivity contribution in [2.24, 2.45) is 0 Å². The van der Waals surface area contributed by atoms with Crippen LogP contribution in [0.25, 0.3) is 0 Å². The van der Waals surface area contributed by atoms with E-state index in [1.54, 1.807) is 0 Å². The summed E-state index contributed by atoms with van der Waals surface area (Å²) in [5, 5.41) is 0. The number of hydrogen-bond acceptors (Lipinski definition) is 1. The van der Waals surface area contributed by atoms with Gasteiger partial charge in [-0.1, -0.05) is 30.3 Å². The molecule has 0 fully saturated rings. The summed E-state index contributed by atoms with van der Waals surface area (Å²) in [5.74, 6) is 0. The van der Waals surface area contributed by atoms with Gasteiger partial charge in [0.25, 0.3) is 0 Å². The predicted octanol–water partition coefficient (Wildman–Crippen LogP) is 4.21. The molecule has 0 aromatic heterocycles. The molecule has 0 radical (unpaired) electrons. The number of fused-ring (bicyclic) bond motifs is 4. The number of aryl methyl sites for hydroxylation is 2. The average Bonchev–Trinajstić information content (AvgIpc) is 2.99. The minimum atomic E-state index is 0.180. The van der Waals surface area contributed by atoms with E-state index >= 15 is 0 Å². The van der Waals surface area contributed by atoms with Gasteiger partial charge in [0.1, 0.15) is 0 Å². The largest absolute Gasteiger partial charge is 0.398 e. The van der Waals surface area contributed by atoms with Crippen LogP contribution in [0.5, 0.6) is 0 Å². The molecule has 0 amide bonds. The van der Waals surface area contributed by atoms with Gasteiger partial charge in [0.05, 0.1) is 5.69 Å². The quantitative estimate of drug-likeness (QED) is 0.724. The Kier molecular flexibility index (Phi) is 2.34. The maximum atomic E-state index is 6.40. The number of halogens is 1. The van der Waals surface area contributed by atoms with E-state index in [1.165, 1.54) is 41.5 Å². The zero-order valence-electron chi connectivity index (χ0n) is 10.7. The standard InChI is InChI=1S/C17H16BrN/c18-14-6-5-12-8-10-17(15(12)16(14)19)9-7-11-3-1-2-4-13(11)17/h1-6H,7-10,19H2. The molecule has 2 N–H and O–H groups in total. The van der Waals surface area contributed by atoms with Gasteiger partial charge in [-0.25, -0.2) is 0 Å². The van der Waals surface area contributed by atoms with Gasteiger partial charge in [-0.3, -0.25) is 0 Å². The second kappa shape index (κ2) is 3.86. The van der Waals surface area contributed by atoms with Crippen LogP contribution in [0, 0.1) is 0 Å². The first-order valence-electron chi connectivity index (χ1n) is 6.88. The van der Waals surface area contributed by atoms with Crippen LogP contribution in [-0.2, 0) is 18.3 Å². The fourth-order valence-electron chi connectivity index (χ4n) is 4.09. The average molecular weight is 314 g/mol. The molecule has 2 aliphatic carbocycles. The van der Waals surface area contributed by atoms with Crippen LogP contribution >= 0.6 is 15.9 Å². The van der Waals surface area contributed by atoms with E-state index in [0.29, 0.717) is 0 Å². The lowest BCUT2D eigenvalue weighted by molar-refractivity contribution is 0.508. The fourth-order valence-corrected chi connectivity index (χ4v) is 4.42. The van der Waals surface area contributed by atoms with Gasteiger partial charge in [-0.05, 0) is 69.9 Å². The van der Waals surface area contributed by atoms with Gasteiger partial charge in [0, 0.05) is 9.89 Å². The summed E-state index contributed by atoms with van der Waals surface area (Å²) in [6.07, 6.45) is 4.75. The van der Waals surface area contributed by atoms with Crippen molar-refractivity contribution in [3.05, 3.63) is 63.1 Å². The topological polar surface area (TPSA) is 26.0 Å². The molecule has 19 heavy (non-hydrogen) atoms. The van der Waals surface area contributed by atoms with Crippen LogP contribution < -0.4 is 5.73 Å². The molecule has 96 valence electrons. The number of hydrogen-bond donors (Lipinski definition) is 1. The zero-order chi connectivity index (χ0) is 13.0. The Bertz CT molecular complexity index is 673. The first-order valence-corrected chi connectivity index (χ1v) is 7.67. The van der Waals surface area contributed by atoms with E-state index in [0.717, 1.165) is 16.6 Å². The maximum Gasteiger partial charge on any atom is 0.0502 e. The number of anilines is 1. The molecule has 0 saturated heterocycles. The lowest BCUT2D eigenvalue weighted by Gasteiger charge is -2.28. The van der Waals surface area contributed by atoms with E-state index < -0.39 is 0 Å². The molecular formula is C17H16BrN. The maximum absolute atomic E-state index is 6.40. The Morgan fingerprint density at radius 2 is 1.68 bits per heavy atom. The molecule has 0 aliphatic heterocycles. The molecule has 2 aromatic rings. The third kappa shape index (κ3) is 1.41. The van der Waals surface area contributed by atoms with Crippen LogP contribution in [0.3, 0.4) is 0 Å². The van der Waals surface area contributed by atoms with E-state index in [2.05, 4.69) is 52.3 Å². The van der Waals surface area contributed by atoms with Crippen molar-refractivity contribution in [2.45, 2.75) is 31.1 Å². The van der Waals surface area contributed by atoms with Gasteiger partial charge < -0.3 is 5.73 Å². The second-order valence-electron chi connectivity index (χ2n) is 5.73. The van der Waals surface area contributed by atoms with Gasteiger partial charge in [-0.15, -0.1) is 0 Å². The van der Waals surface area contributed by atoms with Gasteiger partial charge in [0.15, 0.2) is 0 Å². The number of rotatable bonds is 0. The highest BCUT2D eigenvalue weighted by Gasteiger charge is 2.45. The number of nitrogens with two attached hydrogens (primary N) is 1. The van der Waals surface area contributed by atoms with E-state index in [9.17, 15) is 0 Å². The Labute approximate surface area is 122 Å². The minimum Gasteiger partial charge on any atom is -0.398 e. The monoisotopic (exact) mass is 313 g/mol. The third-order valence-electron chi connectivity index (χ3n) is 4.93. The Morgan fingerprint density at radius 1 is 0.947 bits per heavy atom. The Balaban J connectivity index is 2.01. The van der Waals surface area contributed by atoms with Gasteiger partial charge >= 0.3 is 0 Å². The van der Waals surface area contributed by atoms with Crippen molar-refractivity contribution < 1.29 is 0 Å². The lowest BCUT2D eigenvalue weighted by Crippen LogP contribution is -2.22. The molecule has 1 atom stereocenters. The van der Waals surface area contributed by atoms with E-state index in [4.69, 9.17) is 5.73 Å². The highest BCUT2D eigenvalue weighted by molar-refractivity contribution is 9.10. The van der Waals surface area contributed by atoms with Crippen LogP contribution in [0.2, 0.25) is 0 Å². The van der Waals surface area contributed by atoms with Crippen molar-refractivity contribution in [3.8, 4) is 0 Å². The molecule has 2 aliphatic rings. The van der Waals surface area contributed by atoms with Crippen molar-refractivity contribution in [3.63, 3.8) is 0 Å². The molecule has 2 aromatic carbocycles.